The summed E-state index contributed by atoms with van der Waals surface area (Å²) in [6.07, 6.45) is 1.28. The van der Waals surface area contributed by atoms with Gasteiger partial charge in [0, 0.05) is 28.9 Å². The van der Waals surface area contributed by atoms with E-state index in [1.165, 1.54) is 4.88 Å². The largest absolute Gasteiger partial charge is 0.378 e. The number of halogens is 1. The Kier molecular flexibility index (Phi) is 5.70. The molecule has 1 aliphatic heterocycles. The first-order valence-corrected chi connectivity index (χ1v) is 9.34. The van der Waals surface area contributed by atoms with Crippen LogP contribution >= 0.6 is 27.3 Å². The summed E-state index contributed by atoms with van der Waals surface area (Å²) in [5.41, 5.74) is 1.92. The van der Waals surface area contributed by atoms with E-state index in [0.29, 0.717) is 6.42 Å². The SMILES string of the molecule is O=C(CCc1cccs1)Nc1cc(Br)ccc1N1CCOCC1. The van der Waals surface area contributed by atoms with E-state index in [9.17, 15) is 4.79 Å². The number of morpholine rings is 1. The number of rotatable bonds is 5. The van der Waals surface area contributed by atoms with Crippen molar-refractivity contribution in [3.63, 3.8) is 0 Å². The van der Waals surface area contributed by atoms with Gasteiger partial charge >= 0.3 is 0 Å². The average molecular weight is 395 g/mol. The third kappa shape index (κ3) is 4.56. The highest BCUT2D eigenvalue weighted by molar-refractivity contribution is 9.10. The number of anilines is 2. The van der Waals surface area contributed by atoms with E-state index < -0.39 is 0 Å². The minimum absolute atomic E-state index is 0.0472. The van der Waals surface area contributed by atoms with Gasteiger partial charge in [0.05, 0.1) is 24.6 Å². The molecule has 1 aromatic heterocycles. The molecular weight excluding hydrogens is 376 g/mol. The molecule has 1 saturated heterocycles. The summed E-state index contributed by atoms with van der Waals surface area (Å²) in [7, 11) is 0. The van der Waals surface area contributed by atoms with Gasteiger partial charge < -0.3 is 15.0 Å². The molecule has 4 nitrogen and oxygen atoms in total. The van der Waals surface area contributed by atoms with Crippen LogP contribution in [0.4, 0.5) is 11.4 Å². The molecule has 3 rings (SSSR count). The Morgan fingerprint density at radius 1 is 1.30 bits per heavy atom. The monoisotopic (exact) mass is 394 g/mol. The predicted octanol–water partition coefficient (Wildman–Crippen LogP) is 3.92. The zero-order valence-electron chi connectivity index (χ0n) is 12.8. The highest BCUT2D eigenvalue weighted by Gasteiger charge is 2.16. The van der Waals surface area contributed by atoms with Gasteiger partial charge in [0.15, 0.2) is 0 Å². The highest BCUT2D eigenvalue weighted by atomic mass is 79.9. The molecular formula is C17H19BrN2O2S. The number of nitrogens with one attached hydrogen (secondary N) is 1. The van der Waals surface area contributed by atoms with Crippen LogP contribution in [0.5, 0.6) is 0 Å². The molecule has 122 valence electrons. The lowest BCUT2D eigenvalue weighted by atomic mass is 10.2. The van der Waals surface area contributed by atoms with Gasteiger partial charge in [-0.05, 0) is 36.1 Å². The van der Waals surface area contributed by atoms with E-state index in [1.54, 1.807) is 11.3 Å². The zero-order chi connectivity index (χ0) is 16.1. The molecule has 0 aliphatic carbocycles. The van der Waals surface area contributed by atoms with Gasteiger partial charge in [-0.2, -0.15) is 0 Å². The van der Waals surface area contributed by atoms with Gasteiger partial charge in [0.25, 0.3) is 0 Å². The van der Waals surface area contributed by atoms with Crippen molar-refractivity contribution < 1.29 is 9.53 Å². The number of hydrogen-bond acceptors (Lipinski definition) is 4. The van der Waals surface area contributed by atoms with Crippen molar-refractivity contribution in [2.24, 2.45) is 0 Å². The third-order valence-electron chi connectivity index (χ3n) is 3.76. The minimum atomic E-state index is 0.0472. The molecule has 0 radical (unpaired) electrons. The number of carbonyl (C=O) groups excluding carboxylic acids is 1. The van der Waals surface area contributed by atoms with E-state index in [0.717, 1.165) is 48.6 Å². The van der Waals surface area contributed by atoms with Gasteiger partial charge in [-0.1, -0.05) is 22.0 Å². The second-order valence-corrected chi connectivity index (χ2v) is 7.34. The number of aryl methyl sites for hydroxylation is 1. The topological polar surface area (TPSA) is 41.6 Å². The summed E-state index contributed by atoms with van der Waals surface area (Å²) in [5, 5.41) is 5.10. The van der Waals surface area contributed by atoms with E-state index in [2.05, 4.69) is 32.2 Å². The zero-order valence-corrected chi connectivity index (χ0v) is 15.2. The first-order chi connectivity index (χ1) is 11.2. The molecule has 2 aromatic rings. The molecule has 0 saturated carbocycles. The Balaban J connectivity index is 1.67. The van der Waals surface area contributed by atoms with Crippen LogP contribution < -0.4 is 10.2 Å². The molecule has 1 amide bonds. The lowest BCUT2D eigenvalue weighted by molar-refractivity contribution is -0.116. The second kappa shape index (κ2) is 7.95. The van der Waals surface area contributed by atoms with Gasteiger partial charge in [0.1, 0.15) is 0 Å². The Bertz CT molecular complexity index is 655. The van der Waals surface area contributed by atoms with Crippen LogP contribution in [0, 0.1) is 0 Å². The summed E-state index contributed by atoms with van der Waals surface area (Å²) in [6, 6.07) is 10.1. The van der Waals surface area contributed by atoms with Crippen molar-refractivity contribution in [3.8, 4) is 0 Å². The Morgan fingerprint density at radius 3 is 2.87 bits per heavy atom. The number of benzene rings is 1. The van der Waals surface area contributed by atoms with Crippen molar-refractivity contribution >= 4 is 44.5 Å². The number of ether oxygens (including phenoxy) is 1. The van der Waals surface area contributed by atoms with Crippen LogP contribution in [0.25, 0.3) is 0 Å². The highest BCUT2D eigenvalue weighted by Crippen LogP contribution is 2.30. The van der Waals surface area contributed by atoms with Gasteiger partial charge in [0.2, 0.25) is 5.91 Å². The Labute approximate surface area is 148 Å². The van der Waals surface area contributed by atoms with Gasteiger partial charge in [-0.25, -0.2) is 0 Å². The summed E-state index contributed by atoms with van der Waals surface area (Å²) in [5.74, 6) is 0.0472. The average Bonchev–Trinajstić information content (AvgIpc) is 3.07. The van der Waals surface area contributed by atoms with Crippen LogP contribution in [0.15, 0.2) is 40.2 Å². The van der Waals surface area contributed by atoms with E-state index in [1.807, 2.05) is 29.6 Å². The first-order valence-electron chi connectivity index (χ1n) is 7.67. The summed E-state index contributed by atoms with van der Waals surface area (Å²) in [4.78, 5) is 15.8. The lowest BCUT2D eigenvalue weighted by Gasteiger charge is -2.30. The maximum absolute atomic E-state index is 12.3. The minimum Gasteiger partial charge on any atom is -0.378 e. The molecule has 1 aromatic carbocycles. The normalized spacial score (nSPS) is 14.7. The summed E-state index contributed by atoms with van der Waals surface area (Å²) >= 11 is 5.18. The fourth-order valence-electron chi connectivity index (χ4n) is 2.59. The van der Waals surface area contributed by atoms with E-state index in [4.69, 9.17) is 4.74 Å². The first kappa shape index (κ1) is 16.5. The smallest absolute Gasteiger partial charge is 0.224 e. The van der Waals surface area contributed by atoms with E-state index >= 15 is 0 Å². The van der Waals surface area contributed by atoms with Crippen molar-refractivity contribution in [2.75, 3.05) is 36.5 Å². The third-order valence-corrected chi connectivity index (χ3v) is 5.19. The van der Waals surface area contributed by atoms with Crippen LogP contribution in [0.1, 0.15) is 11.3 Å². The molecule has 6 heteroatoms. The van der Waals surface area contributed by atoms with Crippen molar-refractivity contribution in [1.82, 2.24) is 0 Å². The van der Waals surface area contributed by atoms with Crippen LogP contribution in [0.2, 0.25) is 0 Å². The van der Waals surface area contributed by atoms with Gasteiger partial charge in [-0.3, -0.25) is 4.79 Å². The van der Waals surface area contributed by atoms with Crippen LogP contribution in [-0.4, -0.2) is 32.2 Å². The quantitative estimate of drug-likeness (QED) is 0.835. The number of thiophene rings is 1. The van der Waals surface area contributed by atoms with Crippen LogP contribution in [0.3, 0.4) is 0 Å². The molecule has 0 spiro atoms. The summed E-state index contributed by atoms with van der Waals surface area (Å²) < 4.78 is 6.37. The fraction of sp³-hybridized carbons (Fsp3) is 0.353. The molecule has 1 fully saturated rings. The number of nitrogens with zero attached hydrogens (tertiary/aromatic N) is 1. The lowest BCUT2D eigenvalue weighted by Crippen LogP contribution is -2.36. The Morgan fingerprint density at radius 2 is 2.13 bits per heavy atom. The molecule has 2 heterocycles. The molecule has 0 atom stereocenters. The maximum Gasteiger partial charge on any atom is 0.224 e. The van der Waals surface area contributed by atoms with Gasteiger partial charge in [-0.15, -0.1) is 11.3 Å². The molecule has 1 aliphatic rings. The number of carbonyl (C=O) groups is 1. The molecule has 1 N–H and O–H groups in total. The summed E-state index contributed by atoms with van der Waals surface area (Å²) in [6.45, 7) is 3.14. The maximum atomic E-state index is 12.3. The molecule has 23 heavy (non-hydrogen) atoms. The molecule has 0 bridgehead atoms. The van der Waals surface area contributed by atoms with Crippen molar-refractivity contribution in [1.29, 1.82) is 0 Å². The predicted molar refractivity (Wildman–Crippen MR) is 98.4 cm³/mol. The van der Waals surface area contributed by atoms with Crippen molar-refractivity contribution in [3.05, 3.63) is 45.1 Å². The van der Waals surface area contributed by atoms with E-state index in [-0.39, 0.29) is 5.91 Å². The number of hydrogen-bond donors (Lipinski definition) is 1. The Hall–Kier alpha value is -1.37. The molecule has 0 unspecified atom stereocenters. The number of amides is 1. The van der Waals surface area contributed by atoms with Crippen LogP contribution in [-0.2, 0) is 16.0 Å². The van der Waals surface area contributed by atoms with Crippen molar-refractivity contribution in [2.45, 2.75) is 12.8 Å². The second-order valence-electron chi connectivity index (χ2n) is 5.39. The standard InChI is InChI=1S/C17H19BrN2O2S/c18-13-3-5-16(20-7-9-22-10-8-20)15(12-13)19-17(21)6-4-14-2-1-11-23-14/h1-3,5,11-12H,4,6-10H2,(H,19,21). The fourth-order valence-corrected chi connectivity index (χ4v) is 3.66.